The number of nitrogens with one attached hydrogen (secondary N) is 1. The van der Waals surface area contributed by atoms with E-state index in [0.29, 0.717) is 64.6 Å². The van der Waals surface area contributed by atoms with Gasteiger partial charge in [-0.3, -0.25) is 4.55 Å². The lowest BCUT2D eigenvalue weighted by atomic mass is 9.94. The normalized spacial score (nSPS) is 13.4. The fourth-order valence-electron chi connectivity index (χ4n) is 6.28. The molecule has 17 heteroatoms. The van der Waals surface area contributed by atoms with Gasteiger partial charge in [-0.15, -0.1) is 0 Å². The van der Waals surface area contributed by atoms with Gasteiger partial charge in [-0.05, 0) is 57.8 Å². The molecule has 0 aromatic carbocycles. The number of aromatic nitrogens is 3. The van der Waals surface area contributed by atoms with Crippen LogP contribution in [-0.2, 0) is 39.3 Å². The van der Waals surface area contributed by atoms with Crippen molar-refractivity contribution in [1.29, 1.82) is 0 Å². The summed E-state index contributed by atoms with van der Waals surface area (Å²) in [6.07, 6.45) is 16.2. The predicted molar refractivity (Wildman–Crippen MR) is 189 cm³/mol. The zero-order valence-electron chi connectivity index (χ0n) is 29.3. The second-order valence-corrected chi connectivity index (χ2v) is 14.4. The Morgan fingerprint density at radius 3 is 1.58 bits per heavy atom. The second kappa shape index (κ2) is 24.5. The number of hydrogen-bond acceptors (Lipinski definition) is 10. The molecule has 1 aliphatic rings. The number of urea groups is 1. The smallest absolute Gasteiger partial charge is 0.336 e. The lowest BCUT2D eigenvalue weighted by Crippen LogP contribution is -2.54. The van der Waals surface area contributed by atoms with Crippen molar-refractivity contribution in [3.05, 3.63) is 31.5 Å². The molecule has 1 saturated carbocycles. The first kappa shape index (κ1) is 42.5. The Bertz CT molecular complexity index is 1480. The highest BCUT2D eigenvalue weighted by Gasteiger charge is 2.25. The van der Waals surface area contributed by atoms with Crippen LogP contribution >= 0.6 is 0 Å². The second-order valence-electron chi connectivity index (χ2n) is 12.8. The van der Waals surface area contributed by atoms with Crippen molar-refractivity contribution in [3.8, 4) is 0 Å². The molecule has 1 aromatic rings. The van der Waals surface area contributed by atoms with Crippen LogP contribution in [-0.4, -0.2) is 87.7 Å². The highest BCUT2D eigenvalue weighted by atomic mass is 32.2. The molecule has 1 aliphatic carbocycles. The third-order valence-electron chi connectivity index (χ3n) is 8.98. The van der Waals surface area contributed by atoms with Gasteiger partial charge in [0.15, 0.2) is 0 Å². The van der Waals surface area contributed by atoms with Gasteiger partial charge in [-0.25, -0.2) is 52.5 Å². The van der Waals surface area contributed by atoms with Crippen LogP contribution in [0.3, 0.4) is 0 Å². The van der Waals surface area contributed by atoms with Crippen molar-refractivity contribution in [3.63, 3.8) is 0 Å². The quantitative estimate of drug-likeness (QED) is 0.0621. The first-order valence-corrected chi connectivity index (χ1v) is 19.7. The molecule has 0 radical (unpaired) electrons. The summed E-state index contributed by atoms with van der Waals surface area (Å²) in [6.45, 7) is 1.93. The minimum atomic E-state index is -4.10. The van der Waals surface area contributed by atoms with E-state index in [1.165, 1.54) is 12.2 Å². The van der Waals surface area contributed by atoms with Crippen LogP contribution in [0.25, 0.3) is 0 Å². The minimum absolute atomic E-state index is 0.0436. The first-order chi connectivity index (χ1) is 24.1. The Hall–Kier alpha value is -3.65. The summed E-state index contributed by atoms with van der Waals surface area (Å²) >= 11 is 0. The minimum Gasteiger partial charge on any atom is -0.338 e. The van der Waals surface area contributed by atoms with Crippen LogP contribution in [0.5, 0.6) is 0 Å². The van der Waals surface area contributed by atoms with Crippen LogP contribution in [0, 0.1) is 0 Å². The molecule has 0 aliphatic heterocycles. The van der Waals surface area contributed by atoms with Crippen molar-refractivity contribution in [2.75, 3.05) is 31.9 Å². The number of carbonyl (C=O) groups excluding carboxylic acids is 3. The maximum atomic E-state index is 13.3. The number of isocyanates is 2. The lowest BCUT2D eigenvalue weighted by molar-refractivity contribution is 0.155. The topological polar surface area (TPSA) is 212 Å². The highest BCUT2D eigenvalue weighted by molar-refractivity contribution is 7.85. The van der Waals surface area contributed by atoms with E-state index < -0.39 is 32.9 Å². The summed E-state index contributed by atoms with van der Waals surface area (Å²) in [6, 6.07) is -0.201. The van der Waals surface area contributed by atoms with E-state index in [2.05, 4.69) is 15.3 Å². The van der Waals surface area contributed by atoms with Crippen LogP contribution < -0.4 is 22.4 Å². The molecule has 2 N–H and O–H groups in total. The Morgan fingerprint density at radius 1 is 0.700 bits per heavy atom. The molecule has 16 nitrogen and oxygen atoms in total. The van der Waals surface area contributed by atoms with Gasteiger partial charge >= 0.3 is 23.1 Å². The highest BCUT2D eigenvalue weighted by Crippen LogP contribution is 2.23. The third kappa shape index (κ3) is 16.4. The molecule has 282 valence electrons. The van der Waals surface area contributed by atoms with Crippen LogP contribution in [0.2, 0.25) is 0 Å². The van der Waals surface area contributed by atoms with Crippen molar-refractivity contribution in [1.82, 2.24) is 23.9 Å². The zero-order valence-corrected chi connectivity index (χ0v) is 30.1. The molecular formula is C33H55N7O9S. The fraction of sp³-hybridized carbons (Fsp3) is 0.818. The molecule has 1 aromatic heterocycles. The number of aliphatic imine (C=N–C) groups is 2. The molecular weight excluding hydrogens is 670 g/mol. The third-order valence-corrected chi connectivity index (χ3v) is 9.78. The molecule has 0 saturated heterocycles. The standard InChI is InChI=1S/C33H55N7O9S/c41-27-34-19-10-1-4-13-22-38-31(44)39(23-14-5-2-11-20-35-28-42)33(46)40(32(38)45)24-15-6-3-12-21-36-30(43)37(25-16-26-50(47,48)49)29-17-8-7-9-18-29/h29H,1-26H2,(H,36,43)(H,47,48,49). The zero-order chi connectivity index (χ0) is 36.6. The lowest BCUT2D eigenvalue weighted by Gasteiger charge is -2.34. The summed E-state index contributed by atoms with van der Waals surface area (Å²) in [5.41, 5.74) is -1.88. The van der Waals surface area contributed by atoms with Gasteiger partial charge in [-0.1, -0.05) is 57.8 Å². The average molecular weight is 726 g/mol. The van der Waals surface area contributed by atoms with Gasteiger partial charge in [0.2, 0.25) is 12.2 Å². The van der Waals surface area contributed by atoms with E-state index >= 15 is 0 Å². The molecule has 1 heterocycles. The van der Waals surface area contributed by atoms with Gasteiger partial charge < -0.3 is 10.2 Å². The number of carbonyl (C=O) groups is 1. The first-order valence-electron chi connectivity index (χ1n) is 18.1. The summed E-state index contributed by atoms with van der Waals surface area (Å²) < 4.78 is 34.8. The Balaban J connectivity index is 1.95. The molecule has 2 rings (SSSR count). The monoisotopic (exact) mass is 725 g/mol. The van der Waals surface area contributed by atoms with E-state index in [-0.39, 0.29) is 44.7 Å². The van der Waals surface area contributed by atoms with Crippen LogP contribution in [0.15, 0.2) is 24.4 Å². The van der Waals surface area contributed by atoms with Gasteiger partial charge in [0.25, 0.3) is 10.1 Å². The Morgan fingerprint density at radius 2 is 1.14 bits per heavy atom. The molecule has 0 unspecified atom stereocenters. The van der Waals surface area contributed by atoms with Gasteiger partial charge in [0, 0.05) is 38.8 Å². The SMILES string of the molecule is O=C=NCCCCCCn1c(=O)n(CCCCCCN=C=O)c(=O)n(CCCCCCNC(=O)N(CCCS(=O)(=O)O)C2CCCCC2)c1=O. The summed E-state index contributed by atoms with van der Waals surface area (Å²) in [4.78, 5) is 82.1. The number of unbranched alkanes of at least 4 members (excludes halogenated alkanes) is 9. The fourth-order valence-corrected chi connectivity index (χ4v) is 6.78. The maximum Gasteiger partial charge on any atom is 0.336 e. The van der Waals surface area contributed by atoms with Crippen molar-refractivity contribution in [2.24, 2.45) is 9.98 Å². The van der Waals surface area contributed by atoms with E-state index in [9.17, 15) is 37.2 Å². The molecule has 0 bridgehead atoms. The van der Waals surface area contributed by atoms with Crippen molar-refractivity contribution in [2.45, 2.75) is 141 Å². The number of hydrogen-bond donors (Lipinski definition) is 2. The van der Waals surface area contributed by atoms with Crippen LogP contribution in [0.4, 0.5) is 4.79 Å². The average Bonchev–Trinajstić information content (AvgIpc) is 3.09. The van der Waals surface area contributed by atoms with Gasteiger partial charge in [0.05, 0.1) is 18.8 Å². The molecule has 0 atom stereocenters. The summed E-state index contributed by atoms with van der Waals surface area (Å²) in [7, 11) is -4.10. The van der Waals surface area contributed by atoms with E-state index in [4.69, 9.17) is 4.55 Å². The molecule has 0 spiro atoms. The number of rotatable bonds is 26. The molecule has 50 heavy (non-hydrogen) atoms. The number of amides is 2. The summed E-state index contributed by atoms with van der Waals surface area (Å²) in [5.74, 6) is -0.395. The maximum absolute atomic E-state index is 13.3. The summed E-state index contributed by atoms with van der Waals surface area (Å²) in [5, 5.41) is 2.94. The van der Waals surface area contributed by atoms with Gasteiger partial charge in [0.1, 0.15) is 0 Å². The van der Waals surface area contributed by atoms with Crippen molar-refractivity contribution < 1.29 is 27.4 Å². The van der Waals surface area contributed by atoms with E-state index in [0.717, 1.165) is 77.9 Å². The Kier molecular flexibility index (Phi) is 20.8. The predicted octanol–water partition coefficient (Wildman–Crippen LogP) is 3.15. The van der Waals surface area contributed by atoms with Gasteiger partial charge in [-0.2, -0.15) is 8.42 Å². The van der Waals surface area contributed by atoms with Crippen molar-refractivity contribution >= 4 is 28.3 Å². The Labute approximate surface area is 293 Å². The molecule has 2 amide bonds. The van der Waals surface area contributed by atoms with E-state index in [1.807, 2.05) is 0 Å². The largest absolute Gasteiger partial charge is 0.338 e. The van der Waals surface area contributed by atoms with Crippen LogP contribution in [0.1, 0.15) is 116 Å². The van der Waals surface area contributed by atoms with E-state index in [1.54, 1.807) is 4.90 Å². The number of nitrogens with zero attached hydrogens (tertiary/aromatic N) is 6. The molecule has 1 fully saturated rings.